The van der Waals surface area contributed by atoms with Crippen LogP contribution in [0.3, 0.4) is 0 Å². The molecule has 2 atom stereocenters. The molecule has 1 N–H and O–H groups in total. The van der Waals surface area contributed by atoms with Crippen LogP contribution in [0.25, 0.3) is 0 Å². The highest BCUT2D eigenvalue weighted by Crippen LogP contribution is 2.27. The van der Waals surface area contributed by atoms with Gasteiger partial charge in [-0.2, -0.15) is 11.8 Å². The van der Waals surface area contributed by atoms with E-state index in [2.05, 4.69) is 12.2 Å². The van der Waals surface area contributed by atoms with Crippen LogP contribution in [-0.2, 0) is 11.3 Å². The Morgan fingerprint density at radius 3 is 3.11 bits per heavy atom. The van der Waals surface area contributed by atoms with Crippen molar-refractivity contribution < 1.29 is 4.74 Å². The van der Waals surface area contributed by atoms with Crippen LogP contribution in [0.15, 0.2) is 23.1 Å². The number of nitrogens with zero attached hydrogens (tertiary/aromatic N) is 1. The molecule has 5 heteroatoms. The summed E-state index contributed by atoms with van der Waals surface area (Å²) in [5.74, 6) is 1.26. The zero-order valence-electron chi connectivity index (χ0n) is 11.6. The third-order valence-corrected chi connectivity index (χ3v) is 4.86. The highest BCUT2D eigenvalue weighted by Gasteiger charge is 2.21. The lowest BCUT2D eigenvalue weighted by Crippen LogP contribution is -2.33. The van der Waals surface area contributed by atoms with Crippen molar-refractivity contribution in [3.63, 3.8) is 0 Å². The molecule has 19 heavy (non-hydrogen) atoms. The number of nitrogens with one attached hydrogen (secondary N) is 1. The third-order valence-electron chi connectivity index (χ3n) is 3.48. The Morgan fingerprint density at radius 1 is 1.53 bits per heavy atom. The summed E-state index contributed by atoms with van der Waals surface area (Å²) in [6, 6.07) is 3.99. The maximum Gasteiger partial charge on any atom is 0.250 e. The fraction of sp³-hybridized carbons (Fsp3) is 0.643. The maximum atomic E-state index is 11.7. The molecule has 106 valence electrons. The molecule has 2 rings (SSSR count). The van der Waals surface area contributed by atoms with Gasteiger partial charge in [0.05, 0.1) is 12.3 Å². The molecule has 0 radical (unpaired) electrons. The maximum absolute atomic E-state index is 11.7. The minimum absolute atomic E-state index is 0.0219. The summed E-state index contributed by atoms with van der Waals surface area (Å²) in [5.41, 5.74) is 1.05. The number of hydrogen-bond donors (Lipinski definition) is 1. The summed E-state index contributed by atoms with van der Waals surface area (Å²) in [5, 5.41) is 4.17. The van der Waals surface area contributed by atoms with Crippen molar-refractivity contribution in [3.05, 3.63) is 28.7 Å². The van der Waals surface area contributed by atoms with E-state index in [1.807, 2.05) is 24.0 Å². The van der Waals surface area contributed by atoms with E-state index in [1.54, 1.807) is 17.7 Å². The smallest absolute Gasteiger partial charge is 0.250 e. The fourth-order valence-corrected chi connectivity index (χ4v) is 3.45. The molecule has 4 nitrogen and oxygen atoms in total. The highest BCUT2D eigenvalue weighted by atomic mass is 32.2. The lowest BCUT2D eigenvalue weighted by Gasteiger charge is -2.30. The number of methoxy groups -OCH3 is 1. The van der Waals surface area contributed by atoms with Crippen molar-refractivity contribution >= 4 is 17.4 Å². The Balaban J connectivity index is 2.05. The van der Waals surface area contributed by atoms with Crippen molar-refractivity contribution in [1.29, 1.82) is 0 Å². The second-order valence-corrected chi connectivity index (χ2v) is 6.40. The number of hydrogen-bond acceptors (Lipinski definition) is 4. The van der Waals surface area contributed by atoms with E-state index in [-0.39, 0.29) is 5.56 Å². The van der Waals surface area contributed by atoms with E-state index < -0.39 is 0 Å². The van der Waals surface area contributed by atoms with E-state index in [9.17, 15) is 4.79 Å². The molecule has 2 heterocycles. The summed E-state index contributed by atoms with van der Waals surface area (Å²) in [7, 11) is 1.65. The standard InChI is InChI=1S/C14H22N2O2S/c1-11-13(4-3-9-19-11)15-12-5-6-14(17)16(10-12)7-8-18-2/h5-6,10-11,13,15H,3-4,7-9H2,1-2H3. The van der Waals surface area contributed by atoms with Crippen molar-refractivity contribution in [2.45, 2.75) is 37.6 Å². The third kappa shape index (κ3) is 4.01. The summed E-state index contributed by atoms with van der Waals surface area (Å²) >= 11 is 2.02. The first-order chi connectivity index (χ1) is 9.20. The molecule has 0 bridgehead atoms. The van der Waals surface area contributed by atoms with Gasteiger partial charge in [-0.1, -0.05) is 6.92 Å². The van der Waals surface area contributed by atoms with Gasteiger partial charge in [0.1, 0.15) is 0 Å². The van der Waals surface area contributed by atoms with Gasteiger partial charge in [0.2, 0.25) is 0 Å². The van der Waals surface area contributed by atoms with Gasteiger partial charge in [-0.25, -0.2) is 0 Å². The van der Waals surface area contributed by atoms with Gasteiger partial charge in [0, 0.05) is 37.2 Å². The zero-order chi connectivity index (χ0) is 13.7. The Kier molecular flexibility index (Phi) is 5.34. The van der Waals surface area contributed by atoms with E-state index in [0.29, 0.717) is 24.4 Å². The number of thioether (sulfide) groups is 1. The minimum Gasteiger partial charge on any atom is -0.383 e. The van der Waals surface area contributed by atoms with Gasteiger partial charge < -0.3 is 14.6 Å². The van der Waals surface area contributed by atoms with Crippen molar-refractivity contribution in [2.75, 3.05) is 24.8 Å². The van der Waals surface area contributed by atoms with E-state index in [1.165, 1.54) is 18.6 Å². The summed E-state index contributed by atoms with van der Waals surface area (Å²) in [4.78, 5) is 11.7. The molecule has 1 aliphatic heterocycles. The van der Waals surface area contributed by atoms with Crippen LogP contribution >= 0.6 is 11.8 Å². The molecular weight excluding hydrogens is 260 g/mol. The van der Waals surface area contributed by atoms with Gasteiger partial charge in [0.25, 0.3) is 5.56 Å². The molecule has 1 aromatic rings. The first kappa shape index (κ1) is 14.5. The first-order valence-electron chi connectivity index (χ1n) is 6.78. The predicted molar refractivity (Wildman–Crippen MR) is 81.1 cm³/mol. The topological polar surface area (TPSA) is 43.3 Å². The predicted octanol–water partition coefficient (Wildman–Crippen LogP) is 2.19. The van der Waals surface area contributed by atoms with Crippen LogP contribution in [0, 0.1) is 0 Å². The Hall–Kier alpha value is -0.940. The zero-order valence-corrected chi connectivity index (χ0v) is 12.4. The number of anilines is 1. The number of aromatic nitrogens is 1. The molecule has 1 aliphatic rings. The average molecular weight is 282 g/mol. The van der Waals surface area contributed by atoms with E-state index in [4.69, 9.17) is 4.74 Å². The molecule has 0 amide bonds. The Morgan fingerprint density at radius 2 is 2.37 bits per heavy atom. The van der Waals surface area contributed by atoms with E-state index in [0.717, 1.165) is 5.69 Å². The van der Waals surface area contributed by atoms with E-state index >= 15 is 0 Å². The molecule has 0 saturated carbocycles. The van der Waals surface area contributed by atoms with Gasteiger partial charge >= 0.3 is 0 Å². The largest absolute Gasteiger partial charge is 0.383 e. The normalized spacial score (nSPS) is 23.3. The second kappa shape index (κ2) is 7.01. The monoisotopic (exact) mass is 282 g/mol. The Bertz CT molecular complexity index is 461. The van der Waals surface area contributed by atoms with Gasteiger partial charge in [-0.3, -0.25) is 4.79 Å². The molecule has 0 aromatic carbocycles. The Labute approximate surface area is 118 Å². The van der Waals surface area contributed by atoms with Crippen molar-refractivity contribution in [2.24, 2.45) is 0 Å². The fourth-order valence-electron chi connectivity index (χ4n) is 2.31. The second-order valence-electron chi connectivity index (χ2n) is 4.91. The highest BCUT2D eigenvalue weighted by molar-refractivity contribution is 8.00. The van der Waals surface area contributed by atoms with Gasteiger partial charge in [-0.05, 0) is 24.7 Å². The molecule has 2 unspecified atom stereocenters. The van der Waals surface area contributed by atoms with Crippen LogP contribution in [0.2, 0.25) is 0 Å². The average Bonchev–Trinajstić information content (AvgIpc) is 2.42. The van der Waals surface area contributed by atoms with Crippen LogP contribution in [0.4, 0.5) is 5.69 Å². The van der Waals surface area contributed by atoms with Crippen molar-refractivity contribution in [1.82, 2.24) is 4.57 Å². The molecule has 1 aromatic heterocycles. The molecule has 1 saturated heterocycles. The summed E-state index contributed by atoms with van der Waals surface area (Å²) < 4.78 is 6.73. The quantitative estimate of drug-likeness (QED) is 0.899. The van der Waals surface area contributed by atoms with Crippen molar-refractivity contribution in [3.8, 4) is 0 Å². The van der Waals surface area contributed by atoms with Gasteiger partial charge in [-0.15, -0.1) is 0 Å². The number of rotatable bonds is 5. The van der Waals surface area contributed by atoms with Gasteiger partial charge in [0.15, 0.2) is 0 Å². The first-order valence-corrected chi connectivity index (χ1v) is 7.83. The minimum atomic E-state index is 0.0219. The lowest BCUT2D eigenvalue weighted by atomic mass is 10.1. The summed E-state index contributed by atoms with van der Waals surface area (Å²) in [6.07, 6.45) is 4.36. The lowest BCUT2D eigenvalue weighted by molar-refractivity contribution is 0.186. The number of ether oxygens (including phenoxy) is 1. The molecule has 1 fully saturated rings. The number of pyridine rings is 1. The molecule has 0 aliphatic carbocycles. The van der Waals surface area contributed by atoms with Crippen LogP contribution in [0.5, 0.6) is 0 Å². The van der Waals surface area contributed by atoms with Crippen LogP contribution in [-0.4, -0.2) is 35.3 Å². The summed E-state index contributed by atoms with van der Waals surface area (Å²) in [6.45, 7) is 3.42. The molecular formula is C14H22N2O2S. The SMILES string of the molecule is COCCn1cc(NC2CCCSC2C)ccc1=O. The van der Waals surface area contributed by atoms with Crippen LogP contribution < -0.4 is 10.9 Å². The molecule has 0 spiro atoms. The van der Waals surface area contributed by atoms with Crippen LogP contribution in [0.1, 0.15) is 19.8 Å².